The van der Waals surface area contributed by atoms with E-state index in [1.807, 2.05) is 24.6 Å². The summed E-state index contributed by atoms with van der Waals surface area (Å²) in [6.45, 7) is 7.27. The van der Waals surface area contributed by atoms with Gasteiger partial charge >= 0.3 is 0 Å². The first-order valence-electron chi connectivity index (χ1n) is 9.28. The van der Waals surface area contributed by atoms with E-state index in [1.54, 1.807) is 31.6 Å². The number of hydrogen-bond donors (Lipinski definition) is 2. The Kier molecular flexibility index (Phi) is 8.01. The van der Waals surface area contributed by atoms with Crippen LogP contribution < -0.4 is 14.8 Å². The number of aromatic nitrogens is 2. The number of rotatable bonds is 11. The van der Waals surface area contributed by atoms with E-state index in [-0.39, 0.29) is 10.8 Å². The third-order valence-electron chi connectivity index (χ3n) is 3.95. The van der Waals surface area contributed by atoms with Crippen LogP contribution >= 0.6 is 0 Å². The van der Waals surface area contributed by atoms with Gasteiger partial charge < -0.3 is 14.6 Å². The molecule has 0 saturated carbocycles. The summed E-state index contributed by atoms with van der Waals surface area (Å²) in [7, 11) is -3.59. The molecule has 1 aromatic heterocycles. The molecule has 1 atom stereocenters. The number of carbonyl (C=O) groups excluding carboxylic acids is 1. The van der Waals surface area contributed by atoms with Gasteiger partial charge in [0.1, 0.15) is 5.75 Å². The van der Waals surface area contributed by atoms with E-state index in [4.69, 9.17) is 4.74 Å². The maximum atomic E-state index is 12.3. The molecule has 0 spiro atoms. The Labute approximate surface area is 166 Å². The Balaban J connectivity index is 1.83. The Morgan fingerprint density at radius 1 is 1.21 bits per heavy atom. The third-order valence-corrected chi connectivity index (χ3v) is 5.42. The van der Waals surface area contributed by atoms with Crippen LogP contribution in [0.15, 0.2) is 47.9 Å². The van der Waals surface area contributed by atoms with Gasteiger partial charge in [-0.2, -0.15) is 0 Å². The quantitative estimate of drug-likeness (QED) is 0.552. The fourth-order valence-corrected chi connectivity index (χ4v) is 3.45. The van der Waals surface area contributed by atoms with E-state index >= 15 is 0 Å². The minimum atomic E-state index is -3.59. The van der Waals surface area contributed by atoms with Gasteiger partial charge in [0.25, 0.3) is 5.91 Å². The van der Waals surface area contributed by atoms with Crippen LogP contribution in [0.25, 0.3) is 0 Å². The molecule has 0 aliphatic carbocycles. The highest BCUT2D eigenvalue weighted by Crippen LogP contribution is 2.17. The molecule has 0 aliphatic rings. The number of amides is 1. The van der Waals surface area contributed by atoms with E-state index in [0.717, 1.165) is 0 Å². The van der Waals surface area contributed by atoms with Crippen LogP contribution in [0.2, 0.25) is 0 Å². The van der Waals surface area contributed by atoms with E-state index in [9.17, 15) is 13.2 Å². The molecule has 2 N–H and O–H groups in total. The Hall–Kier alpha value is -2.39. The molecule has 8 nitrogen and oxygen atoms in total. The van der Waals surface area contributed by atoms with Crippen molar-refractivity contribution in [3.8, 4) is 5.75 Å². The number of nitrogens with zero attached hydrogens (tertiary/aromatic N) is 2. The smallest absolute Gasteiger partial charge is 0.260 e. The van der Waals surface area contributed by atoms with Crippen molar-refractivity contribution in [2.24, 2.45) is 5.92 Å². The summed E-state index contributed by atoms with van der Waals surface area (Å²) in [6.07, 6.45) is 5.19. The van der Waals surface area contributed by atoms with Crippen molar-refractivity contribution in [2.45, 2.75) is 44.7 Å². The molecule has 2 rings (SSSR count). The van der Waals surface area contributed by atoms with Gasteiger partial charge in [0.05, 0.1) is 11.2 Å². The second kappa shape index (κ2) is 10.2. The molecule has 0 fully saturated rings. The largest absolute Gasteiger partial charge is 0.481 e. The van der Waals surface area contributed by atoms with Crippen molar-refractivity contribution in [1.82, 2.24) is 19.6 Å². The second-order valence-corrected chi connectivity index (χ2v) is 8.69. The van der Waals surface area contributed by atoms with Crippen molar-refractivity contribution in [2.75, 3.05) is 13.1 Å². The van der Waals surface area contributed by atoms with Crippen LogP contribution in [0.1, 0.15) is 27.2 Å². The summed E-state index contributed by atoms with van der Waals surface area (Å²) >= 11 is 0. The topological polar surface area (TPSA) is 102 Å². The summed E-state index contributed by atoms with van der Waals surface area (Å²) in [5.74, 6) is 0.587. The SMILES string of the molecule is CC(C)CNC(=O)[C@H](C)Oc1ccc(S(=O)(=O)NCCCn2ccnc2)cc1. The van der Waals surface area contributed by atoms with E-state index in [2.05, 4.69) is 15.0 Å². The molecule has 0 radical (unpaired) electrons. The van der Waals surface area contributed by atoms with Gasteiger partial charge in [-0.3, -0.25) is 4.79 Å². The first-order valence-corrected chi connectivity index (χ1v) is 10.8. The van der Waals surface area contributed by atoms with Crippen LogP contribution in [0.3, 0.4) is 0 Å². The predicted molar refractivity (Wildman–Crippen MR) is 106 cm³/mol. The number of nitrogens with one attached hydrogen (secondary N) is 2. The maximum absolute atomic E-state index is 12.3. The predicted octanol–water partition coefficient (Wildman–Crippen LogP) is 1.79. The Bertz CT molecular complexity index is 833. The lowest BCUT2D eigenvalue weighted by atomic mass is 10.2. The first-order chi connectivity index (χ1) is 13.3. The molecule has 0 saturated heterocycles. The standard InChI is InChI=1S/C19H28N4O4S/c1-15(2)13-21-19(24)16(3)27-17-5-7-18(8-6-17)28(25,26)22-9-4-11-23-12-10-20-14-23/h5-8,10,12,14-16,22H,4,9,11,13H2,1-3H3,(H,21,24)/t16-/m0/s1. The molecule has 1 amide bonds. The first kappa shape index (κ1) is 21.9. The fourth-order valence-electron chi connectivity index (χ4n) is 2.37. The number of carbonyl (C=O) groups is 1. The molecule has 2 aromatic rings. The summed E-state index contributed by atoms with van der Waals surface area (Å²) in [5.41, 5.74) is 0. The van der Waals surface area contributed by atoms with Crippen molar-refractivity contribution < 1.29 is 17.9 Å². The van der Waals surface area contributed by atoms with E-state index in [0.29, 0.717) is 37.7 Å². The second-order valence-electron chi connectivity index (χ2n) is 6.92. The average molecular weight is 409 g/mol. The number of hydrogen-bond acceptors (Lipinski definition) is 5. The highest BCUT2D eigenvalue weighted by atomic mass is 32.2. The minimum absolute atomic E-state index is 0.152. The number of imidazole rings is 1. The lowest BCUT2D eigenvalue weighted by Crippen LogP contribution is -2.38. The van der Waals surface area contributed by atoms with Crippen molar-refractivity contribution in [3.05, 3.63) is 43.0 Å². The van der Waals surface area contributed by atoms with Crippen molar-refractivity contribution in [1.29, 1.82) is 0 Å². The van der Waals surface area contributed by atoms with Crippen LogP contribution in [-0.2, 0) is 21.4 Å². The van der Waals surface area contributed by atoms with Gasteiger partial charge in [0, 0.05) is 32.0 Å². The van der Waals surface area contributed by atoms with Gasteiger partial charge in [-0.15, -0.1) is 0 Å². The average Bonchev–Trinajstić information content (AvgIpc) is 3.17. The lowest BCUT2D eigenvalue weighted by molar-refractivity contribution is -0.127. The summed E-state index contributed by atoms with van der Waals surface area (Å²) < 4.78 is 34.7. The Morgan fingerprint density at radius 2 is 1.93 bits per heavy atom. The highest BCUT2D eigenvalue weighted by Gasteiger charge is 2.16. The van der Waals surface area contributed by atoms with E-state index in [1.165, 1.54) is 12.1 Å². The molecule has 1 aromatic carbocycles. The third kappa shape index (κ3) is 6.97. The molecule has 0 bridgehead atoms. The van der Waals surface area contributed by atoms with Gasteiger partial charge in [-0.25, -0.2) is 18.1 Å². The normalized spacial score (nSPS) is 12.7. The summed E-state index contributed by atoms with van der Waals surface area (Å²) in [5, 5.41) is 2.80. The highest BCUT2D eigenvalue weighted by molar-refractivity contribution is 7.89. The monoisotopic (exact) mass is 408 g/mol. The number of benzene rings is 1. The van der Waals surface area contributed by atoms with Gasteiger partial charge in [-0.1, -0.05) is 13.8 Å². The van der Waals surface area contributed by atoms with Crippen LogP contribution in [0.5, 0.6) is 5.75 Å². The number of ether oxygens (including phenoxy) is 1. The van der Waals surface area contributed by atoms with Crippen LogP contribution in [0, 0.1) is 5.92 Å². The van der Waals surface area contributed by atoms with Crippen molar-refractivity contribution in [3.63, 3.8) is 0 Å². The summed E-state index contributed by atoms with van der Waals surface area (Å²) in [4.78, 5) is 16.1. The van der Waals surface area contributed by atoms with Gasteiger partial charge in [0.2, 0.25) is 10.0 Å². The number of aryl methyl sites for hydroxylation is 1. The molecule has 28 heavy (non-hydrogen) atoms. The van der Waals surface area contributed by atoms with E-state index < -0.39 is 16.1 Å². The molecule has 154 valence electrons. The minimum Gasteiger partial charge on any atom is -0.481 e. The van der Waals surface area contributed by atoms with Crippen LogP contribution in [0.4, 0.5) is 0 Å². The molecular weight excluding hydrogens is 380 g/mol. The fraction of sp³-hybridized carbons (Fsp3) is 0.474. The maximum Gasteiger partial charge on any atom is 0.260 e. The zero-order valence-corrected chi connectivity index (χ0v) is 17.3. The Morgan fingerprint density at radius 3 is 2.54 bits per heavy atom. The number of sulfonamides is 1. The zero-order valence-electron chi connectivity index (χ0n) is 16.5. The van der Waals surface area contributed by atoms with Crippen molar-refractivity contribution >= 4 is 15.9 Å². The molecule has 9 heteroatoms. The molecular formula is C19H28N4O4S. The lowest BCUT2D eigenvalue weighted by Gasteiger charge is -2.16. The van der Waals surface area contributed by atoms with Gasteiger partial charge in [0.15, 0.2) is 6.10 Å². The molecule has 1 heterocycles. The summed E-state index contributed by atoms with van der Waals surface area (Å²) in [6, 6.07) is 6.02. The zero-order chi connectivity index (χ0) is 20.6. The van der Waals surface area contributed by atoms with Crippen LogP contribution in [-0.4, -0.2) is 43.1 Å². The van der Waals surface area contributed by atoms with Gasteiger partial charge in [-0.05, 0) is 43.5 Å². The molecule has 0 unspecified atom stereocenters. The molecule has 0 aliphatic heterocycles.